The van der Waals surface area contributed by atoms with E-state index in [1.165, 1.54) is 89.9 Å². The van der Waals surface area contributed by atoms with E-state index >= 15 is 0 Å². The van der Waals surface area contributed by atoms with Gasteiger partial charge in [0.1, 0.15) is 0 Å². The van der Waals surface area contributed by atoms with E-state index < -0.39 is 8.69 Å². The van der Waals surface area contributed by atoms with Gasteiger partial charge in [0.05, 0.1) is 0 Å². The Morgan fingerprint density at radius 2 is 0.737 bits per heavy atom. The van der Waals surface area contributed by atoms with Crippen LogP contribution in [0, 0.1) is 0 Å². The largest absolute Gasteiger partial charge is 0.324 e. The van der Waals surface area contributed by atoms with Crippen LogP contribution in [0.2, 0.25) is 0 Å². The van der Waals surface area contributed by atoms with Crippen molar-refractivity contribution < 1.29 is 9.46 Å². The summed E-state index contributed by atoms with van der Waals surface area (Å²) in [5.41, 5.74) is 0. The first-order valence-electron chi connectivity index (χ1n) is 8.30. The molecular weight excluding hydrogens is 255 g/mol. The fourth-order valence-electron chi connectivity index (χ4n) is 2.27. The molecule has 0 aromatic rings. The summed E-state index contributed by atoms with van der Waals surface area (Å²) in [7, 11) is -0.833. The molecule has 0 amide bonds. The molecule has 0 fully saturated rings. The van der Waals surface area contributed by atoms with Crippen molar-refractivity contribution in [1.29, 1.82) is 0 Å². The molecule has 0 aromatic carbocycles. The van der Waals surface area contributed by atoms with Crippen LogP contribution in [-0.2, 0) is 4.57 Å². The zero-order chi connectivity index (χ0) is 14.6. The van der Waals surface area contributed by atoms with Crippen LogP contribution in [0.3, 0.4) is 0 Å². The molecule has 0 saturated carbocycles. The summed E-state index contributed by atoms with van der Waals surface area (Å²) in [4.78, 5) is 6.99. The molecule has 0 aromatic heterocycles. The molecule has 0 atom stereocenters. The van der Waals surface area contributed by atoms with Crippen molar-refractivity contribution in [2.75, 3.05) is 0 Å². The van der Waals surface area contributed by atoms with Gasteiger partial charge in [0.15, 0.2) is 0 Å². The van der Waals surface area contributed by atoms with Crippen molar-refractivity contribution in [3.63, 3.8) is 0 Å². The molecule has 0 bridgehead atoms. The molecule has 0 radical (unpaired) electrons. The zero-order valence-electron chi connectivity index (χ0n) is 13.2. The van der Waals surface area contributed by atoms with Gasteiger partial charge in [0.2, 0.25) is 0 Å². The molecule has 0 aliphatic carbocycles. The number of rotatable bonds is 13. The summed E-state index contributed by atoms with van der Waals surface area (Å²) in [6, 6.07) is 0. The maximum Gasteiger partial charge on any atom is 0.324 e. The molecule has 1 N–H and O–H groups in total. The molecule has 0 aliphatic heterocycles. The Balaban J connectivity index is 0. The van der Waals surface area contributed by atoms with Crippen LogP contribution in [0.25, 0.3) is 0 Å². The van der Waals surface area contributed by atoms with Crippen LogP contribution in [0.4, 0.5) is 0 Å². The van der Waals surface area contributed by atoms with Crippen molar-refractivity contribution >= 4 is 8.69 Å². The second-order valence-corrected chi connectivity index (χ2v) is 5.49. The Morgan fingerprint density at radius 1 is 0.579 bits per heavy atom. The van der Waals surface area contributed by atoms with Crippen LogP contribution < -0.4 is 0 Å². The second-order valence-electron chi connectivity index (χ2n) is 5.32. The van der Waals surface area contributed by atoms with E-state index in [1.54, 1.807) is 0 Å². The molecule has 0 unspecified atom stereocenters. The lowest BCUT2D eigenvalue weighted by Gasteiger charge is -2.02. The standard InChI is InChI=1S/C16H34.HO2P/c1-3-5-7-9-11-13-15-16-14-12-10-8-6-4-2;1-3-2/h3-16H2,1-2H3;(H,1,2). The SMILES string of the molecule is CCCCCCCCCCCCCCCC.O=PO. The zero-order valence-corrected chi connectivity index (χ0v) is 14.1. The Kier molecular flexibility index (Phi) is 26.1. The molecule has 0 heterocycles. The summed E-state index contributed by atoms with van der Waals surface area (Å²) < 4.78 is 8.46. The topological polar surface area (TPSA) is 37.3 Å². The van der Waals surface area contributed by atoms with E-state index in [9.17, 15) is 0 Å². The first kappa shape index (κ1) is 21.4. The van der Waals surface area contributed by atoms with Crippen LogP contribution in [0.1, 0.15) is 104 Å². The van der Waals surface area contributed by atoms with Gasteiger partial charge in [-0.25, -0.2) is 4.57 Å². The summed E-state index contributed by atoms with van der Waals surface area (Å²) in [5.74, 6) is 0. The lowest BCUT2D eigenvalue weighted by atomic mass is 10.0. The molecular formula is C16H35O2P. The van der Waals surface area contributed by atoms with Gasteiger partial charge in [0, 0.05) is 0 Å². The summed E-state index contributed by atoms with van der Waals surface area (Å²) in [5, 5.41) is 0. The van der Waals surface area contributed by atoms with Crippen molar-refractivity contribution in [3.05, 3.63) is 0 Å². The Morgan fingerprint density at radius 3 is 0.895 bits per heavy atom. The van der Waals surface area contributed by atoms with E-state index in [0.717, 1.165) is 0 Å². The van der Waals surface area contributed by atoms with E-state index in [4.69, 9.17) is 9.46 Å². The molecule has 0 spiro atoms. The Labute approximate surface area is 122 Å². The average Bonchev–Trinajstić information content (AvgIpc) is 2.41. The lowest BCUT2D eigenvalue weighted by Crippen LogP contribution is -1.82. The van der Waals surface area contributed by atoms with Crippen LogP contribution in [-0.4, -0.2) is 4.89 Å². The van der Waals surface area contributed by atoms with Crippen molar-refractivity contribution in [3.8, 4) is 0 Å². The molecule has 19 heavy (non-hydrogen) atoms. The second kappa shape index (κ2) is 23.2. The van der Waals surface area contributed by atoms with Crippen LogP contribution >= 0.6 is 8.69 Å². The predicted molar refractivity (Wildman–Crippen MR) is 85.8 cm³/mol. The Hall–Kier alpha value is 0.0600. The third kappa shape index (κ3) is 27.3. The number of hydrogen-bond donors (Lipinski definition) is 1. The highest BCUT2D eigenvalue weighted by atomic mass is 31.1. The smallest absolute Gasteiger partial charge is 0.310 e. The average molecular weight is 290 g/mol. The molecule has 3 heteroatoms. The monoisotopic (exact) mass is 290 g/mol. The maximum atomic E-state index is 8.46. The van der Waals surface area contributed by atoms with Crippen LogP contribution in [0.5, 0.6) is 0 Å². The molecule has 116 valence electrons. The molecule has 0 saturated heterocycles. The van der Waals surface area contributed by atoms with Crippen molar-refractivity contribution in [2.45, 2.75) is 104 Å². The lowest BCUT2D eigenvalue weighted by molar-refractivity contribution is 0.524. The summed E-state index contributed by atoms with van der Waals surface area (Å²) in [6.45, 7) is 4.58. The minimum atomic E-state index is -0.833. The van der Waals surface area contributed by atoms with Gasteiger partial charge in [-0.3, -0.25) is 0 Å². The van der Waals surface area contributed by atoms with Gasteiger partial charge in [-0.1, -0.05) is 104 Å². The van der Waals surface area contributed by atoms with Gasteiger partial charge in [-0.15, -0.1) is 0 Å². The quantitative estimate of drug-likeness (QED) is 0.303. The third-order valence-corrected chi connectivity index (χ3v) is 3.46. The van der Waals surface area contributed by atoms with Gasteiger partial charge in [-0.05, 0) is 0 Å². The van der Waals surface area contributed by atoms with Gasteiger partial charge >= 0.3 is 8.69 Å². The van der Waals surface area contributed by atoms with E-state index in [2.05, 4.69) is 13.8 Å². The van der Waals surface area contributed by atoms with E-state index in [0.29, 0.717) is 0 Å². The first-order valence-corrected chi connectivity index (χ1v) is 9.06. The van der Waals surface area contributed by atoms with Gasteiger partial charge in [0.25, 0.3) is 0 Å². The predicted octanol–water partition coefficient (Wildman–Crippen LogP) is 6.67. The highest BCUT2D eigenvalue weighted by molar-refractivity contribution is 7.16. The van der Waals surface area contributed by atoms with Crippen LogP contribution in [0.15, 0.2) is 0 Å². The van der Waals surface area contributed by atoms with Gasteiger partial charge in [-0.2, -0.15) is 0 Å². The normalized spacial score (nSPS) is 10.3. The molecule has 0 aliphatic rings. The van der Waals surface area contributed by atoms with E-state index in [1.807, 2.05) is 0 Å². The first-order chi connectivity index (χ1) is 9.33. The minimum Gasteiger partial charge on any atom is -0.310 e. The van der Waals surface area contributed by atoms with Crippen molar-refractivity contribution in [1.82, 2.24) is 0 Å². The maximum absolute atomic E-state index is 8.46. The fourth-order valence-corrected chi connectivity index (χ4v) is 2.27. The summed E-state index contributed by atoms with van der Waals surface area (Å²) >= 11 is 0. The Bertz CT molecular complexity index is 138. The highest BCUT2D eigenvalue weighted by Crippen LogP contribution is 2.12. The summed E-state index contributed by atoms with van der Waals surface area (Å²) in [6.07, 6.45) is 20.4. The van der Waals surface area contributed by atoms with Gasteiger partial charge < -0.3 is 4.89 Å². The third-order valence-electron chi connectivity index (χ3n) is 3.46. The minimum absolute atomic E-state index is 0.833. The fraction of sp³-hybridized carbons (Fsp3) is 1.00. The molecule has 0 rings (SSSR count). The number of hydrogen-bond acceptors (Lipinski definition) is 1. The van der Waals surface area contributed by atoms with E-state index in [-0.39, 0.29) is 0 Å². The van der Waals surface area contributed by atoms with Crippen molar-refractivity contribution in [2.24, 2.45) is 0 Å². The number of unbranched alkanes of at least 4 members (excludes halogenated alkanes) is 13. The molecule has 2 nitrogen and oxygen atoms in total. The highest BCUT2D eigenvalue weighted by Gasteiger charge is 1.92.